The van der Waals surface area contributed by atoms with Crippen LogP contribution in [0.1, 0.15) is 29.7 Å². The number of methoxy groups -OCH3 is 1. The van der Waals surface area contributed by atoms with Crippen molar-refractivity contribution in [2.24, 2.45) is 13.0 Å². The molecule has 1 aliphatic rings. The fourth-order valence-corrected chi connectivity index (χ4v) is 2.56. The molecule has 0 saturated heterocycles. The molecule has 0 bridgehead atoms. The molecule has 0 radical (unpaired) electrons. The summed E-state index contributed by atoms with van der Waals surface area (Å²) in [7, 11) is 3.56. The largest absolute Gasteiger partial charge is 0.481 e. The fourth-order valence-electron chi connectivity index (χ4n) is 2.56. The number of nitrogens with one attached hydrogen (secondary N) is 1. The summed E-state index contributed by atoms with van der Waals surface area (Å²) >= 11 is 0. The van der Waals surface area contributed by atoms with Crippen LogP contribution in [0.25, 0.3) is 0 Å². The van der Waals surface area contributed by atoms with Crippen molar-refractivity contribution in [3.8, 4) is 11.8 Å². The summed E-state index contributed by atoms with van der Waals surface area (Å²) in [5, 5.41) is 7.79. The minimum absolute atomic E-state index is 0.711. The maximum atomic E-state index is 5.65. The second kappa shape index (κ2) is 7.00. The lowest BCUT2D eigenvalue weighted by atomic mass is 10.2. The van der Waals surface area contributed by atoms with Crippen LogP contribution in [0.3, 0.4) is 0 Å². The molecule has 2 aromatic rings. The minimum Gasteiger partial charge on any atom is -0.481 e. The molecule has 23 heavy (non-hydrogen) atoms. The first-order valence-electron chi connectivity index (χ1n) is 8.02. The van der Waals surface area contributed by atoms with Gasteiger partial charge in [-0.25, -0.2) is 9.67 Å². The van der Waals surface area contributed by atoms with Gasteiger partial charge in [0, 0.05) is 32.4 Å². The quantitative estimate of drug-likeness (QED) is 0.809. The number of aromatic nitrogens is 3. The van der Waals surface area contributed by atoms with Gasteiger partial charge in [-0.3, -0.25) is 0 Å². The van der Waals surface area contributed by atoms with E-state index in [1.807, 2.05) is 26.2 Å². The minimum atomic E-state index is 0.711. The van der Waals surface area contributed by atoms with Gasteiger partial charge in [0.25, 0.3) is 0 Å². The molecule has 2 heterocycles. The topological polar surface area (TPSA) is 61.2 Å². The van der Waals surface area contributed by atoms with E-state index in [1.54, 1.807) is 11.8 Å². The van der Waals surface area contributed by atoms with E-state index >= 15 is 0 Å². The first-order valence-corrected chi connectivity index (χ1v) is 8.02. The Morgan fingerprint density at radius 2 is 2.13 bits per heavy atom. The first-order chi connectivity index (χ1) is 11.2. The molecule has 1 aliphatic carbocycles. The summed E-state index contributed by atoms with van der Waals surface area (Å²) in [5.41, 5.74) is 3.20. The monoisotopic (exact) mass is 316 g/mol. The second-order valence-corrected chi connectivity index (χ2v) is 6.06. The van der Waals surface area contributed by atoms with Gasteiger partial charge in [-0.05, 0) is 31.2 Å². The van der Waals surface area contributed by atoms with Gasteiger partial charge in [0.2, 0.25) is 11.8 Å². The van der Waals surface area contributed by atoms with Crippen LogP contribution in [0, 0.1) is 12.8 Å². The van der Waals surface area contributed by atoms with Crippen molar-refractivity contribution >= 4 is 0 Å². The second-order valence-electron chi connectivity index (χ2n) is 6.06. The number of hydrogen-bond acceptors (Lipinski definition) is 5. The Morgan fingerprint density at radius 3 is 2.78 bits per heavy atom. The zero-order valence-electron chi connectivity index (χ0n) is 14.0. The SMILES string of the molecule is COc1c(CNCc2ccc(OCC3CC3)nc2)c(C)nn1C. The molecule has 0 atom stereocenters. The van der Waals surface area contributed by atoms with E-state index in [-0.39, 0.29) is 0 Å². The molecule has 0 amide bonds. The van der Waals surface area contributed by atoms with E-state index in [2.05, 4.69) is 21.5 Å². The Bertz CT molecular complexity index is 647. The maximum Gasteiger partial charge on any atom is 0.216 e. The van der Waals surface area contributed by atoms with Gasteiger partial charge in [0.1, 0.15) is 0 Å². The van der Waals surface area contributed by atoms with Crippen LogP contribution in [0.5, 0.6) is 11.8 Å². The third-order valence-corrected chi connectivity index (χ3v) is 4.07. The highest BCUT2D eigenvalue weighted by atomic mass is 16.5. The van der Waals surface area contributed by atoms with Gasteiger partial charge in [0.15, 0.2) is 0 Å². The highest BCUT2D eigenvalue weighted by molar-refractivity contribution is 5.30. The number of pyridine rings is 1. The summed E-state index contributed by atoms with van der Waals surface area (Å²) in [6, 6.07) is 3.99. The lowest BCUT2D eigenvalue weighted by Gasteiger charge is -2.08. The van der Waals surface area contributed by atoms with Crippen molar-refractivity contribution in [1.82, 2.24) is 20.1 Å². The third-order valence-electron chi connectivity index (χ3n) is 4.07. The maximum absolute atomic E-state index is 5.65. The lowest BCUT2D eigenvalue weighted by Crippen LogP contribution is -2.14. The van der Waals surface area contributed by atoms with Gasteiger partial charge in [0.05, 0.1) is 25.0 Å². The molecule has 3 rings (SSSR count). The molecule has 6 nitrogen and oxygen atoms in total. The average molecular weight is 316 g/mol. The first kappa shape index (κ1) is 15.8. The highest BCUT2D eigenvalue weighted by Gasteiger charge is 2.22. The molecule has 1 N–H and O–H groups in total. The van der Waals surface area contributed by atoms with E-state index < -0.39 is 0 Å². The summed E-state index contributed by atoms with van der Waals surface area (Å²) in [6.07, 6.45) is 4.45. The average Bonchev–Trinajstić information content (AvgIpc) is 3.33. The predicted molar refractivity (Wildman–Crippen MR) is 87.5 cm³/mol. The zero-order chi connectivity index (χ0) is 16.2. The highest BCUT2D eigenvalue weighted by Crippen LogP contribution is 2.29. The third kappa shape index (κ3) is 4.01. The predicted octanol–water partition coefficient (Wildman–Crippen LogP) is 2.21. The van der Waals surface area contributed by atoms with Crippen LogP contribution in [-0.2, 0) is 20.1 Å². The molecule has 2 aromatic heterocycles. The van der Waals surface area contributed by atoms with Crippen molar-refractivity contribution in [1.29, 1.82) is 0 Å². The van der Waals surface area contributed by atoms with Crippen LogP contribution in [0.15, 0.2) is 18.3 Å². The molecule has 0 unspecified atom stereocenters. The zero-order valence-corrected chi connectivity index (χ0v) is 14.0. The molecule has 0 spiro atoms. The van der Waals surface area contributed by atoms with Crippen LogP contribution in [-0.4, -0.2) is 28.5 Å². The van der Waals surface area contributed by atoms with Crippen LogP contribution in [0.2, 0.25) is 0 Å². The van der Waals surface area contributed by atoms with E-state index in [0.29, 0.717) is 12.4 Å². The van der Waals surface area contributed by atoms with Gasteiger partial charge < -0.3 is 14.8 Å². The molecule has 1 fully saturated rings. The number of ether oxygens (including phenoxy) is 2. The Hall–Kier alpha value is -2.08. The van der Waals surface area contributed by atoms with Crippen LogP contribution >= 0.6 is 0 Å². The van der Waals surface area contributed by atoms with Crippen molar-refractivity contribution in [3.05, 3.63) is 35.2 Å². The standard InChI is InChI=1S/C17H24N4O2/c1-12-15(17(22-3)21(2)20-12)10-18-8-14-6-7-16(19-9-14)23-11-13-4-5-13/h6-7,9,13,18H,4-5,8,10-11H2,1-3H3. The normalized spacial score (nSPS) is 14.0. The molecule has 124 valence electrons. The lowest BCUT2D eigenvalue weighted by molar-refractivity contribution is 0.288. The van der Waals surface area contributed by atoms with Crippen molar-refractivity contribution in [2.45, 2.75) is 32.9 Å². The molecular formula is C17H24N4O2. The molecular weight excluding hydrogens is 292 g/mol. The van der Waals surface area contributed by atoms with E-state index in [4.69, 9.17) is 9.47 Å². The molecule has 6 heteroatoms. The molecule has 0 aliphatic heterocycles. The van der Waals surface area contributed by atoms with E-state index in [1.165, 1.54) is 12.8 Å². The Balaban J connectivity index is 1.50. The number of nitrogens with zero attached hydrogens (tertiary/aromatic N) is 3. The van der Waals surface area contributed by atoms with Crippen molar-refractivity contribution < 1.29 is 9.47 Å². The van der Waals surface area contributed by atoms with Crippen molar-refractivity contribution in [2.75, 3.05) is 13.7 Å². The number of rotatable bonds is 8. The van der Waals surface area contributed by atoms with Gasteiger partial charge >= 0.3 is 0 Å². The smallest absolute Gasteiger partial charge is 0.216 e. The summed E-state index contributed by atoms with van der Waals surface area (Å²) in [5.74, 6) is 2.26. The van der Waals surface area contributed by atoms with E-state index in [9.17, 15) is 0 Å². The number of hydrogen-bond donors (Lipinski definition) is 1. The summed E-state index contributed by atoms with van der Waals surface area (Å²) in [6.45, 7) is 4.24. The Morgan fingerprint density at radius 1 is 1.30 bits per heavy atom. The Kier molecular flexibility index (Phi) is 4.81. The molecule has 0 aromatic carbocycles. The van der Waals surface area contributed by atoms with Crippen LogP contribution in [0.4, 0.5) is 0 Å². The van der Waals surface area contributed by atoms with Gasteiger partial charge in [-0.1, -0.05) is 6.07 Å². The van der Waals surface area contributed by atoms with E-state index in [0.717, 1.165) is 41.8 Å². The summed E-state index contributed by atoms with van der Waals surface area (Å²) in [4.78, 5) is 4.36. The summed E-state index contributed by atoms with van der Waals surface area (Å²) < 4.78 is 12.8. The Labute approximate surface area is 136 Å². The number of aryl methyl sites for hydroxylation is 2. The van der Waals surface area contributed by atoms with Gasteiger partial charge in [-0.2, -0.15) is 5.10 Å². The molecule has 1 saturated carbocycles. The van der Waals surface area contributed by atoms with Gasteiger partial charge in [-0.15, -0.1) is 0 Å². The van der Waals surface area contributed by atoms with Crippen molar-refractivity contribution in [3.63, 3.8) is 0 Å². The fraction of sp³-hybridized carbons (Fsp3) is 0.529. The van der Waals surface area contributed by atoms with Crippen LogP contribution < -0.4 is 14.8 Å².